The molecular formula is C22H33N3. The van der Waals surface area contributed by atoms with Crippen molar-refractivity contribution in [3.63, 3.8) is 0 Å². The highest BCUT2D eigenvalue weighted by Gasteiger charge is 2.33. The average Bonchev–Trinajstić information content (AvgIpc) is 2.71. The van der Waals surface area contributed by atoms with Crippen LogP contribution in [0, 0.1) is 11.3 Å². The fraction of sp³-hybridized carbons (Fsp3) is 0.682. The Kier molecular flexibility index (Phi) is 6.90. The van der Waals surface area contributed by atoms with Gasteiger partial charge < -0.3 is 9.80 Å². The molecule has 0 bridgehead atoms. The minimum absolute atomic E-state index is 0.337. The Labute approximate surface area is 153 Å². The average molecular weight is 340 g/mol. The maximum Gasteiger partial charge on any atom is 0.0846 e. The second-order valence-corrected chi connectivity index (χ2v) is 7.86. The van der Waals surface area contributed by atoms with Crippen molar-refractivity contribution in [2.24, 2.45) is 0 Å². The first-order valence-corrected chi connectivity index (χ1v) is 10.2. The monoisotopic (exact) mass is 339 g/mol. The molecule has 0 amide bonds. The highest BCUT2D eigenvalue weighted by atomic mass is 15.1. The molecule has 2 saturated heterocycles. The molecule has 0 saturated carbocycles. The van der Waals surface area contributed by atoms with Crippen LogP contribution in [-0.4, -0.2) is 49.1 Å². The van der Waals surface area contributed by atoms with Gasteiger partial charge in [0.05, 0.1) is 11.5 Å². The van der Waals surface area contributed by atoms with E-state index in [-0.39, 0.29) is 5.41 Å². The summed E-state index contributed by atoms with van der Waals surface area (Å²) in [6.45, 7) is 6.96. The van der Waals surface area contributed by atoms with Crippen molar-refractivity contribution in [2.45, 2.75) is 56.8 Å². The van der Waals surface area contributed by atoms with Crippen molar-refractivity contribution < 1.29 is 0 Å². The lowest BCUT2D eigenvalue weighted by molar-refractivity contribution is 0.190. The van der Waals surface area contributed by atoms with Crippen molar-refractivity contribution in [3.8, 4) is 6.07 Å². The molecule has 0 spiro atoms. The van der Waals surface area contributed by atoms with Gasteiger partial charge in [-0.3, -0.25) is 0 Å². The number of rotatable bonds is 7. The molecule has 1 aromatic rings. The minimum atomic E-state index is -0.337. The molecule has 25 heavy (non-hydrogen) atoms. The Morgan fingerprint density at radius 2 is 1.24 bits per heavy atom. The van der Waals surface area contributed by atoms with E-state index in [4.69, 9.17) is 0 Å². The van der Waals surface area contributed by atoms with Gasteiger partial charge in [0.15, 0.2) is 0 Å². The van der Waals surface area contributed by atoms with Crippen LogP contribution < -0.4 is 0 Å². The van der Waals surface area contributed by atoms with E-state index in [1.54, 1.807) is 0 Å². The molecule has 2 fully saturated rings. The summed E-state index contributed by atoms with van der Waals surface area (Å²) >= 11 is 0. The molecule has 2 heterocycles. The summed E-state index contributed by atoms with van der Waals surface area (Å²) in [6, 6.07) is 13.3. The number of hydrogen-bond acceptors (Lipinski definition) is 3. The summed E-state index contributed by atoms with van der Waals surface area (Å²) in [5.41, 5.74) is 0.877. The molecule has 3 rings (SSSR count). The summed E-state index contributed by atoms with van der Waals surface area (Å²) in [4.78, 5) is 5.14. The van der Waals surface area contributed by atoms with Crippen LogP contribution in [-0.2, 0) is 5.41 Å². The largest absolute Gasteiger partial charge is 0.303 e. The Bertz CT molecular complexity index is 514. The molecule has 2 aliphatic heterocycles. The second kappa shape index (κ2) is 9.36. The Balaban J connectivity index is 1.68. The third-order valence-corrected chi connectivity index (χ3v) is 6.15. The topological polar surface area (TPSA) is 30.3 Å². The first-order valence-electron chi connectivity index (χ1n) is 10.2. The van der Waals surface area contributed by atoms with E-state index in [9.17, 15) is 5.26 Å². The van der Waals surface area contributed by atoms with E-state index in [0.717, 1.165) is 25.9 Å². The predicted octanol–water partition coefficient (Wildman–Crippen LogP) is 4.20. The predicted molar refractivity (Wildman–Crippen MR) is 104 cm³/mol. The van der Waals surface area contributed by atoms with Gasteiger partial charge >= 0.3 is 0 Å². The number of benzene rings is 1. The van der Waals surface area contributed by atoms with Crippen LogP contribution in [0.15, 0.2) is 30.3 Å². The normalized spacial score (nSPS) is 20.3. The van der Waals surface area contributed by atoms with Crippen molar-refractivity contribution in [3.05, 3.63) is 35.9 Å². The van der Waals surface area contributed by atoms with Crippen LogP contribution in [0.2, 0.25) is 0 Å². The zero-order valence-electron chi connectivity index (χ0n) is 15.6. The lowest BCUT2D eigenvalue weighted by atomic mass is 9.75. The van der Waals surface area contributed by atoms with E-state index in [0.29, 0.717) is 0 Å². The lowest BCUT2D eigenvalue weighted by Crippen LogP contribution is -2.39. The maximum absolute atomic E-state index is 10.2. The van der Waals surface area contributed by atoms with Crippen LogP contribution in [0.25, 0.3) is 0 Å². The van der Waals surface area contributed by atoms with E-state index in [1.807, 2.05) is 0 Å². The fourth-order valence-corrected chi connectivity index (χ4v) is 4.41. The van der Waals surface area contributed by atoms with Gasteiger partial charge in [-0.25, -0.2) is 0 Å². The molecule has 0 aromatic heterocycles. The van der Waals surface area contributed by atoms with Gasteiger partial charge in [0.2, 0.25) is 0 Å². The second-order valence-electron chi connectivity index (χ2n) is 7.86. The number of nitriles is 1. The Morgan fingerprint density at radius 1 is 0.760 bits per heavy atom. The van der Waals surface area contributed by atoms with Gasteiger partial charge in [-0.2, -0.15) is 5.26 Å². The SMILES string of the molecule is N#CC(CCN1CCCCC1)(CCN1CCCCC1)c1ccccc1. The van der Waals surface area contributed by atoms with Crippen molar-refractivity contribution in [1.82, 2.24) is 9.80 Å². The summed E-state index contributed by atoms with van der Waals surface area (Å²) in [6.07, 6.45) is 9.93. The maximum atomic E-state index is 10.2. The Hall–Kier alpha value is -1.37. The molecule has 2 aliphatic rings. The third kappa shape index (κ3) is 5.06. The van der Waals surface area contributed by atoms with Crippen LogP contribution in [0.1, 0.15) is 56.9 Å². The fourth-order valence-electron chi connectivity index (χ4n) is 4.41. The molecular weight excluding hydrogens is 306 g/mol. The zero-order chi connectivity index (χ0) is 17.4. The van der Waals surface area contributed by atoms with Crippen LogP contribution in [0.4, 0.5) is 0 Å². The molecule has 1 aromatic carbocycles. The highest BCUT2D eigenvalue weighted by Crippen LogP contribution is 2.32. The van der Waals surface area contributed by atoms with E-state index in [2.05, 4.69) is 46.2 Å². The first kappa shape index (κ1) is 18.4. The molecule has 0 N–H and O–H groups in total. The summed E-state index contributed by atoms with van der Waals surface area (Å²) < 4.78 is 0. The molecule has 3 heteroatoms. The van der Waals surface area contributed by atoms with Gasteiger partial charge in [0.1, 0.15) is 0 Å². The molecule has 136 valence electrons. The van der Waals surface area contributed by atoms with Crippen LogP contribution in [0.3, 0.4) is 0 Å². The molecule has 0 unspecified atom stereocenters. The smallest absolute Gasteiger partial charge is 0.0846 e. The number of likely N-dealkylation sites (tertiary alicyclic amines) is 2. The lowest BCUT2D eigenvalue weighted by Gasteiger charge is -2.35. The van der Waals surface area contributed by atoms with Gasteiger partial charge in [-0.1, -0.05) is 43.2 Å². The molecule has 0 atom stereocenters. The number of hydrogen-bond donors (Lipinski definition) is 0. The highest BCUT2D eigenvalue weighted by molar-refractivity contribution is 5.32. The van der Waals surface area contributed by atoms with E-state index < -0.39 is 0 Å². The van der Waals surface area contributed by atoms with Crippen molar-refractivity contribution >= 4 is 0 Å². The zero-order valence-corrected chi connectivity index (χ0v) is 15.6. The van der Waals surface area contributed by atoms with Crippen molar-refractivity contribution in [2.75, 3.05) is 39.3 Å². The van der Waals surface area contributed by atoms with Gasteiger partial charge in [-0.05, 0) is 83.4 Å². The molecule has 3 nitrogen and oxygen atoms in total. The molecule has 0 aliphatic carbocycles. The van der Waals surface area contributed by atoms with Gasteiger partial charge in [0, 0.05) is 0 Å². The van der Waals surface area contributed by atoms with E-state index in [1.165, 1.54) is 70.3 Å². The number of piperidine rings is 2. The quantitative estimate of drug-likeness (QED) is 0.746. The third-order valence-electron chi connectivity index (χ3n) is 6.15. The summed E-state index contributed by atoms with van der Waals surface area (Å²) in [7, 11) is 0. The summed E-state index contributed by atoms with van der Waals surface area (Å²) in [5, 5.41) is 10.2. The minimum Gasteiger partial charge on any atom is -0.303 e. The first-order chi connectivity index (χ1) is 12.3. The standard InChI is InChI=1S/C22H33N3/c23-20-22(21-10-4-1-5-11-21,12-18-24-14-6-2-7-15-24)13-19-25-16-8-3-9-17-25/h1,4-5,10-11H,2-3,6-9,12-19H2. The Morgan fingerprint density at radius 3 is 1.68 bits per heavy atom. The van der Waals surface area contributed by atoms with Gasteiger partial charge in [-0.15, -0.1) is 0 Å². The van der Waals surface area contributed by atoms with Crippen molar-refractivity contribution in [1.29, 1.82) is 5.26 Å². The van der Waals surface area contributed by atoms with Gasteiger partial charge in [0.25, 0.3) is 0 Å². The van der Waals surface area contributed by atoms with Crippen LogP contribution in [0.5, 0.6) is 0 Å². The van der Waals surface area contributed by atoms with Crippen LogP contribution >= 0.6 is 0 Å². The summed E-state index contributed by atoms with van der Waals surface area (Å²) in [5.74, 6) is 0. The number of nitrogens with zero attached hydrogens (tertiary/aromatic N) is 3. The van der Waals surface area contributed by atoms with E-state index >= 15 is 0 Å². The molecule has 0 radical (unpaired) electrons.